The average molecular weight is 484 g/mol. The number of pyridine rings is 1. The van der Waals surface area contributed by atoms with Gasteiger partial charge in [0.15, 0.2) is 0 Å². The Kier molecular flexibility index (Phi) is 7.66. The van der Waals surface area contributed by atoms with E-state index >= 15 is 4.39 Å². The first-order valence-electron chi connectivity index (χ1n) is 11.3. The van der Waals surface area contributed by atoms with Gasteiger partial charge in [-0.05, 0) is 72.0 Å². The summed E-state index contributed by atoms with van der Waals surface area (Å²) in [5.74, 6) is -0.559. The van der Waals surface area contributed by atoms with Gasteiger partial charge in [-0.1, -0.05) is 42.5 Å². The molecular formula is C28H25F4NO2. The van der Waals surface area contributed by atoms with E-state index in [1.54, 1.807) is 31.4 Å². The SMILES string of the molecule is COCCCc1ccc(-c2ccc3c(F)c(CCc4ccc(OC(F)(F)F)cc4)ccc3c2)nc1. The number of halogens is 4. The standard InChI is InChI=1S/C28H25F4NO2/c1-34-16-2-3-20-7-15-26(33-18-20)23-11-14-25-22(17-23)10-9-21(27(25)29)8-4-19-5-12-24(13-6-19)35-28(30,31)32/h5-7,9-15,17-18H,2-4,8,16H2,1H3. The number of aromatic nitrogens is 1. The van der Waals surface area contributed by atoms with Gasteiger partial charge in [-0.25, -0.2) is 4.39 Å². The van der Waals surface area contributed by atoms with Gasteiger partial charge in [0.2, 0.25) is 0 Å². The zero-order chi connectivity index (χ0) is 24.8. The van der Waals surface area contributed by atoms with Gasteiger partial charge in [-0.3, -0.25) is 4.98 Å². The van der Waals surface area contributed by atoms with Crippen LogP contribution < -0.4 is 4.74 Å². The van der Waals surface area contributed by atoms with Gasteiger partial charge < -0.3 is 9.47 Å². The first-order valence-corrected chi connectivity index (χ1v) is 11.3. The molecular weight excluding hydrogens is 458 g/mol. The predicted molar refractivity (Wildman–Crippen MR) is 128 cm³/mol. The van der Waals surface area contributed by atoms with Crippen LogP contribution in [0.3, 0.4) is 0 Å². The maximum Gasteiger partial charge on any atom is 0.573 e. The molecule has 0 spiro atoms. The maximum atomic E-state index is 15.2. The van der Waals surface area contributed by atoms with Crippen LogP contribution in [-0.2, 0) is 24.0 Å². The van der Waals surface area contributed by atoms with Crippen molar-refractivity contribution in [2.45, 2.75) is 32.0 Å². The zero-order valence-electron chi connectivity index (χ0n) is 19.2. The molecule has 0 aliphatic heterocycles. The highest BCUT2D eigenvalue weighted by molar-refractivity contribution is 5.88. The second-order valence-electron chi connectivity index (χ2n) is 8.31. The Bertz CT molecular complexity index is 1270. The molecule has 0 aliphatic rings. The predicted octanol–water partition coefficient (Wildman–Crippen LogP) is 7.30. The van der Waals surface area contributed by atoms with Crippen molar-refractivity contribution in [3.8, 4) is 17.0 Å². The molecule has 4 aromatic rings. The molecule has 0 radical (unpaired) electrons. The van der Waals surface area contributed by atoms with Crippen LogP contribution in [0.25, 0.3) is 22.0 Å². The fourth-order valence-electron chi connectivity index (χ4n) is 3.99. The molecule has 0 aliphatic carbocycles. The summed E-state index contributed by atoms with van der Waals surface area (Å²) in [7, 11) is 1.69. The molecule has 1 aromatic heterocycles. The largest absolute Gasteiger partial charge is 0.573 e. The van der Waals surface area contributed by atoms with Gasteiger partial charge in [-0.15, -0.1) is 13.2 Å². The summed E-state index contributed by atoms with van der Waals surface area (Å²) in [6.07, 6.45) is -0.104. The smallest absolute Gasteiger partial charge is 0.406 e. The zero-order valence-corrected chi connectivity index (χ0v) is 19.2. The summed E-state index contributed by atoms with van der Waals surface area (Å²) in [5.41, 5.74) is 4.23. The Labute approximate surface area is 201 Å². The lowest BCUT2D eigenvalue weighted by Crippen LogP contribution is -2.17. The normalized spacial score (nSPS) is 11.7. The van der Waals surface area contributed by atoms with Crippen LogP contribution in [0, 0.1) is 5.82 Å². The van der Waals surface area contributed by atoms with Crippen LogP contribution in [0.2, 0.25) is 0 Å². The molecule has 0 fully saturated rings. The Morgan fingerprint density at radius 3 is 2.29 bits per heavy atom. The molecule has 35 heavy (non-hydrogen) atoms. The molecule has 3 aromatic carbocycles. The number of fused-ring (bicyclic) bond motifs is 1. The number of ether oxygens (including phenoxy) is 2. The number of hydrogen-bond donors (Lipinski definition) is 0. The third kappa shape index (κ3) is 6.57. The third-order valence-corrected chi connectivity index (χ3v) is 5.81. The van der Waals surface area contributed by atoms with E-state index in [0.717, 1.165) is 40.6 Å². The van der Waals surface area contributed by atoms with Gasteiger partial charge in [-0.2, -0.15) is 0 Å². The van der Waals surface area contributed by atoms with E-state index in [2.05, 4.69) is 9.72 Å². The van der Waals surface area contributed by atoms with Crippen LogP contribution in [-0.4, -0.2) is 25.1 Å². The van der Waals surface area contributed by atoms with E-state index in [1.165, 1.54) is 12.1 Å². The van der Waals surface area contributed by atoms with Crippen LogP contribution in [0.1, 0.15) is 23.1 Å². The van der Waals surface area contributed by atoms with E-state index in [9.17, 15) is 13.2 Å². The first-order chi connectivity index (χ1) is 16.8. The van der Waals surface area contributed by atoms with E-state index < -0.39 is 6.36 Å². The molecule has 1 heterocycles. The lowest BCUT2D eigenvalue weighted by molar-refractivity contribution is -0.274. The lowest BCUT2D eigenvalue weighted by Gasteiger charge is -2.10. The van der Waals surface area contributed by atoms with Crippen molar-refractivity contribution in [3.05, 3.63) is 95.4 Å². The highest BCUT2D eigenvalue weighted by Crippen LogP contribution is 2.28. The second-order valence-corrected chi connectivity index (χ2v) is 8.31. The Hall–Kier alpha value is -3.45. The number of benzene rings is 3. The fraction of sp³-hybridized carbons (Fsp3) is 0.250. The monoisotopic (exact) mass is 483 g/mol. The third-order valence-electron chi connectivity index (χ3n) is 5.81. The van der Waals surface area contributed by atoms with Crippen LogP contribution in [0.15, 0.2) is 72.9 Å². The molecule has 0 atom stereocenters. The number of methoxy groups -OCH3 is 1. The maximum absolute atomic E-state index is 15.2. The van der Waals surface area contributed by atoms with Crippen LogP contribution in [0.5, 0.6) is 5.75 Å². The van der Waals surface area contributed by atoms with E-state index in [-0.39, 0.29) is 11.6 Å². The van der Waals surface area contributed by atoms with Gasteiger partial charge in [0, 0.05) is 30.9 Å². The number of nitrogens with zero attached hydrogens (tertiary/aromatic N) is 1. The van der Waals surface area contributed by atoms with Gasteiger partial charge in [0.25, 0.3) is 0 Å². The number of hydrogen-bond acceptors (Lipinski definition) is 3. The second kappa shape index (κ2) is 10.9. The molecule has 4 rings (SSSR count). The molecule has 182 valence electrons. The van der Waals surface area contributed by atoms with Crippen LogP contribution >= 0.6 is 0 Å². The van der Waals surface area contributed by atoms with Crippen molar-refractivity contribution in [2.24, 2.45) is 0 Å². The van der Waals surface area contributed by atoms with E-state index in [1.807, 2.05) is 36.5 Å². The molecule has 3 nitrogen and oxygen atoms in total. The minimum atomic E-state index is -4.72. The molecule has 0 unspecified atom stereocenters. The molecule has 0 saturated carbocycles. The Balaban J connectivity index is 1.44. The minimum absolute atomic E-state index is 0.274. The fourth-order valence-corrected chi connectivity index (χ4v) is 3.99. The number of aryl methyl sites for hydroxylation is 3. The summed E-state index contributed by atoms with van der Waals surface area (Å²) in [5, 5.41) is 1.31. The van der Waals surface area contributed by atoms with E-state index in [0.29, 0.717) is 30.4 Å². The van der Waals surface area contributed by atoms with Crippen molar-refractivity contribution in [2.75, 3.05) is 13.7 Å². The summed E-state index contributed by atoms with van der Waals surface area (Å²) < 4.78 is 61.1. The van der Waals surface area contributed by atoms with Crippen molar-refractivity contribution < 1.29 is 27.0 Å². The Morgan fingerprint density at radius 2 is 1.60 bits per heavy atom. The minimum Gasteiger partial charge on any atom is -0.406 e. The highest BCUT2D eigenvalue weighted by atomic mass is 19.4. The van der Waals surface area contributed by atoms with Crippen molar-refractivity contribution >= 4 is 10.8 Å². The van der Waals surface area contributed by atoms with Crippen molar-refractivity contribution in [1.29, 1.82) is 0 Å². The first kappa shape index (κ1) is 24.7. The molecule has 0 amide bonds. The lowest BCUT2D eigenvalue weighted by atomic mass is 9.98. The summed E-state index contributed by atoms with van der Waals surface area (Å²) in [6.45, 7) is 0.711. The molecule has 0 N–H and O–H groups in total. The topological polar surface area (TPSA) is 31.4 Å². The highest BCUT2D eigenvalue weighted by Gasteiger charge is 2.30. The quantitative estimate of drug-likeness (QED) is 0.185. The van der Waals surface area contributed by atoms with Gasteiger partial charge >= 0.3 is 6.36 Å². The van der Waals surface area contributed by atoms with Gasteiger partial charge in [0.1, 0.15) is 11.6 Å². The Morgan fingerprint density at radius 1 is 0.829 bits per heavy atom. The van der Waals surface area contributed by atoms with Crippen LogP contribution in [0.4, 0.5) is 17.6 Å². The van der Waals surface area contributed by atoms with Crippen molar-refractivity contribution in [3.63, 3.8) is 0 Å². The summed E-state index contributed by atoms with van der Waals surface area (Å²) in [4.78, 5) is 4.56. The molecule has 0 bridgehead atoms. The van der Waals surface area contributed by atoms with E-state index in [4.69, 9.17) is 4.74 Å². The molecule has 7 heteroatoms. The summed E-state index contributed by atoms with van der Waals surface area (Å²) >= 11 is 0. The number of alkyl halides is 3. The average Bonchev–Trinajstić information content (AvgIpc) is 2.84. The molecule has 0 saturated heterocycles. The van der Waals surface area contributed by atoms with Gasteiger partial charge in [0.05, 0.1) is 5.69 Å². The number of rotatable bonds is 9. The summed E-state index contributed by atoms with van der Waals surface area (Å²) in [6, 6.07) is 18.9. The van der Waals surface area contributed by atoms with Crippen molar-refractivity contribution in [1.82, 2.24) is 4.98 Å².